The average Bonchev–Trinajstić information content (AvgIpc) is 3.05. The van der Waals surface area contributed by atoms with Gasteiger partial charge in [-0.2, -0.15) is 0 Å². The van der Waals surface area contributed by atoms with Gasteiger partial charge < -0.3 is 0 Å². The van der Waals surface area contributed by atoms with E-state index < -0.39 is 14.8 Å². The van der Waals surface area contributed by atoms with Gasteiger partial charge >= 0.3 is 0 Å². The van der Waals surface area contributed by atoms with Crippen LogP contribution in [0.3, 0.4) is 0 Å². The maximum atomic E-state index is 13.1. The van der Waals surface area contributed by atoms with Gasteiger partial charge in [0.1, 0.15) is 4.75 Å². The number of piperidine rings is 1. The standard InChI is InChI=1S/C17H21N3O2S2/c1-13-16(23-12-18-13)11-20-9-7-17(8-10-20)14-5-3-4-6-15(14)19(2)24(17,21)22/h3-6,12H,7-11H2,1-2H3. The first-order valence-electron chi connectivity index (χ1n) is 8.15. The lowest BCUT2D eigenvalue weighted by Crippen LogP contribution is -2.47. The number of anilines is 1. The first-order valence-corrected chi connectivity index (χ1v) is 10.5. The maximum absolute atomic E-state index is 13.1. The fourth-order valence-electron chi connectivity index (χ4n) is 3.94. The predicted octanol–water partition coefficient (Wildman–Crippen LogP) is 2.72. The van der Waals surface area contributed by atoms with Gasteiger partial charge in [0.2, 0.25) is 10.0 Å². The second-order valence-electron chi connectivity index (χ2n) is 6.62. The van der Waals surface area contributed by atoms with E-state index >= 15 is 0 Å². The van der Waals surface area contributed by atoms with Gasteiger partial charge in [0.25, 0.3) is 0 Å². The number of hydrogen-bond acceptors (Lipinski definition) is 5. The molecule has 2 aliphatic rings. The van der Waals surface area contributed by atoms with Crippen molar-refractivity contribution in [1.82, 2.24) is 9.88 Å². The summed E-state index contributed by atoms with van der Waals surface area (Å²) >= 11 is 1.68. The van der Waals surface area contributed by atoms with Crippen molar-refractivity contribution < 1.29 is 8.42 Å². The lowest BCUT2D eigenvalue weighted by atomic mass is 9.87. The second-order valence-corrected chi connectivity index (χ2v) is 9.84. The van der Waals surface area contributed by atoms with Crippen molar-refractivity contribution in [2.75, 3.05) is 24.4 Å². The van der Waals surface area contributed by atoms with E-state index in [1.165, 1.54) is 9.18 Å². The molecule has 1 aromatic carbocycles. The Morgan fingerprint density at radius 1 is 1.25 bits per heavy atom. The minimum absolute atomic E-state index is 0.647. The molecular weight excluding hydrogens is 342 g/mol. The van der Waals surface area contributed by atoms with Gasteiger partial charge in [-0.05, 0) is 31.4 Å². The number of likely N-dealkylation sites (tertiary alicyclic amines) is 1. The number of benzene rings is 1. The van der Waals surface area contributed by atoms with Crippen LogP contribution in [0.1, 0.15) is 29.0 Å². The van der Waals surface area contributed by atoms with Gasteiger partial charge in [-0.15, -0.1) is 11.3 Å². The quantitative estimate of drug-likeness (QED) is 0.823. The number of hydrogen-bond donors (Lipinski definition) is 0. The Hall–Kier alpha value is -1.44. The van der Waals surface area contributed by atoms with Gasteiger partial charge in [-0.3, -0.25) is 9.21 Å². The monoisotopic (exact) mass is 363 g/mol. The van der Waals surface area contributed by atoms with Crippen LogP contribution in [0.4, 0.5) is 5.69 Å². The molecule has 1 fully saturated rings. The van der Waals surface area contributed by atoms with Gasteiger partial charge in [0.15, 0.2) is 0 Å². The van der Waals surface area contributed by atoms with E-state index in [2.05, 4.69) is 9.88 Å². The van der Waals surface area contributed by atoms with Crippen LogP contribution in [0, 0.1) is 6.92 Å². The van der Waals surface area contributed by atoms with E-state index in [-0.39, 0.29) is 0 Å². The molecule has 4 rings (SSSR count). The van der Waals surface area contributed by atoms with Crippen LogP contribution in [-0.2, 0) is 21.3 Å². The molecule has 0 atom stereocenters. The van der Waals surface area contributed by atoms with Crippen LogP contribution in [-0.4, -0.2) is 38.4 Å². The van der Waals surface area contributed by atoms with Gasteiger partial charge in [0, 0.05) is 31.6 Å². The molecule has 0 saturated carbocycles. The highest BCUT2D eigenvalue weighted by atomic mass is 32.2. The molecule has 0 aliphatic carbocycles. The van der Waals surface area contributed by atoms with Crippen molar-refractivity contribution in [2.24, 2.45) is 0 Å². The Balaban J connectivity index is 1.61. The lowest BCUT2D eigenvalue weighted by molar-refractivity contribution is 0.190. The molecule has 24 heavy (non-hydrogen) atoms. The highest BCUT2D eigenvalue weighted by molar-refractivity contribution is 7.94. The molecule has 5 nitrogen and oxygen atoms in total. The molecule has 0 N–H and O–H groups in total. The molecule has 0 radical (unpaired) electrons. The van der Waals surface area contributed by atoms with E-state index in [0.29, 0.717) is 12.8 Å². The summed E-state index contributed by atoms with van der Waals surface area (Å²) in [7, 11) is -1.67. The SMILES string of the molecule is Cc1ncsc1CN1CCC2(CC1)c1ccccc1N(C)S2(=O)=O. The zero-order chi connectivity index (χ0) is 16.9. The number of aryl methyl sites for hydroxylation is 1. The molecule has 1 saturated heterocycles. The fraction of sp³-hybridized carbons (Fsp3) is 0.471. The Morgan fingerprint density at radius 3 is 2.62 bits per heavy atom. The minimum atomic E-state index is -3.34. The summed E-state index contributed by atoms with van der Waals surface area (Å²) in [5.74, 6) is 0. The Labute approximate surface area is 147 Å². The van der Waals surface area contributed by atoms with Crippen LogP contribution in [0.5, 0.6) is 0 Å². The Bertz CT molecular complexity index is 867. The maximum Gasteiger partial charge on any atom is 0.245 e. The van der Waals surface area contributed by atoms with Crippen molar-refractivity contribution in [2.45, 2.75) is 31.1 Å². The number of fused-ring (bicyclic) bond motifs is 2. The lowest BCUT2D eigenvalue weighted by Gasteiger charge is -2.38. The van der Waals surface area contributed by atoms with Gasteiger partial charge in [0.05, 0.1) is 16.9 Å². The van der Waals surface area contributed by atoms with Crippen molar-refractivity contribution in [3.05, 3.63) is 45.9 Å². The van der Waals surface area contributed by atoms with E-state index in [1.807, 2.05) is 36.7 Å². The molecule has 0 unspecified atom stereocenters. The molecular formula is C17H21N3O2S2. The third-order valence-corrected chi connectivity index (χ3v) is 8.92. The molecule has 2 aliphatic heterocycles. The van der Waals surface area contributed by atoms with E-state index in [9.17, 15) is 8.42 Å². The molecule has 2 aromatic rings. The zero-order valence-electron chi connectivity index (χ0n) is 13.9. The van der Waals surface area contributed by atoms with Crippen molar-refractivity contribution in [1.29, 1.82) is 0 Å². The highest BCUT2D eigenvalue weighted by Gasteiger charge is 2.55. The number of sulfonamides is 1. The van der Waals surface area contributed by atoms with E-state index in [1.54, 1.807) is 18.4 Å². The smallest absolute Gasteiger partial charge is 0.245 e. The van der Waals surface area contributed by atoms with Gasteiger partial charge in [-0.25, -0.2) is 13.4 Å². The summed E-state index contributed by atoms with van der Waals surface area (Å²) in [6.07, 6.45) is 1.29. The minimum Gasteiger partial charge on any atom is -0.298 e. The van der Waals surface area contributed by atoms with Crippen molar-refractivity contribution in [3.63, 3.8) is 0 Å². The van der Waals surface area contributed by atoms with Crippen LogP contribution >= 0.6 is 11.3 Å². The summed E-state index contributed by atoms with van der Waals surface area (Å²) in [4.78, 5) is 7.93. The number of nitrogens with zero attached hydrogens (tertiary/aromatic N) is 3. The van der Waals surface area contributed by atoms with Crippen LogP contribution in [0.2, 0.25) is 0 Å². The largest absolute Gasteiger partial charge is 0.298 e. The Kier molecular flexibility index (Phi) is 3.71. The first kappa shape index (κ1) is 16.1. The molecule has 128 valence electrons. The number of thiazole rings is 1. The molecule has 7 heteroatoms. The molecule has 0 amide bonds. The second kappa shape index (κ2) is 5.54. The first-order chi connectivity index (χ1) is 11.5. The highest BCUT2D eigenvalue weighted by Crippen LogP contribution is 2.51. The van der Waals surface area contributed by atoms with E-state index in [0.717, 1.165) is 36.6 Å². The topological polar surface area (TPSA) is 53.5 Å². The van der Waals surface area contributed by atoms with Crippen LogP contribution < -0.4 is 4.31 Å². The molecule has 1 spiro atoms. The van der Waals surface area contributed by atoms with Crippen LogP contribution in [0.25, 0.3) is 0 Å². The molecule has 3 heterocycles. The van der Waals surface area contributed by atoms with Crippen molar-refractivity contribution >= 4 is 27.0 Å². The fourth-order valence-corrected chi connectivity index (χ4v) is 6.85. The van der Waals surface area contributed by atoms with Crippen LogP contribution in [0.15, 0.2) is 29.8 Å². The number of rotatable bonds is 2. The molecule has 1 aromatic heterocycles. The zero-order valence-corrected chi connectivity index (χ0v) is 15.5. The van der Waals surface area contributed by atoms with E-state index in [4.69, 9.17) is 0 Å². The molecule has 0 bridgehead atoms. The predicted molar refractivity (Wildman–Crippen MR) is 96.8 cm³/mol. The normalized spacial score (nSPS) is 22.0. The summed E-state index contributed by atoms with van der Waals surface area (Å²) in [5.41, 5.74) is 4.77. The summed E-state index contributed by atoms with van der Waals surface area (Å²) in [5, 5.41) is 0. The average molecular weight is 364 g/mol. The third-order valence-electron chi connectivity index (χ3n) is 5.46. The van der Waals surface area contributed by atoms with Crippen molar-refractivity contribution in [3.8, 4) is 0 Å². The Morgan fingerprint density at radius 2 is 1.96 bits per heavy atom. The number of para-hydroxylation sites is 1. The third kappa shape index (κ3) is 2.14. The van der Waals surface area contributed by atoms with Gasteiger partial charge in [-0.1, -0.05) is 18.2 Å². The summed E-state index contributed by atoms with van der Waals surface area (Å²) < 4.78 is 26.9. The summed E-state index contributed by atoms with van der Waals surface area (Å²) in [6, 6.07) is 7.75. The number of aromatic nitrogens is 1. The summed E-state index contributed by atoms with van der Waals surface area (Å²) in [6.45, 7) is 4.48.